The molecule has 20 heavy (non-hydrogen) atoms. The van der Waals surface area contributed by atoms with Crippen LogP contribution >= 0.6 is 0 Å². The van der Waals surface area contributed by atoms with E-state index in [-0.39, 0.29) is 18.2 Å². The van der Waals surface area contributed by atoms with Gasteiger partial charge in [0.25, 0.3) is 5.91 Å². The lowest BCUT2D eigenvalue weighted by atomic mass is 10.1. The standard InChI is InChI=1S/C14H13N3O3/c18-12-7-5-10(13(19)16-12)15-14(20)11-6-4-9-3-1-2-8-17(9)11/h1-4,6,8,10H,5,7H2,(H,15,20)(H,16,18,19)/t10-/m0/s1. The highest BCUT2D eigenvalue weighted by atomic mass is 16.2. The zero-order valence-electron chi connectivity index (χ0n) is 10.6. The molecule has 1 fully saturated rings. The highest BCUT2D eigenvalue weighted by Gasteiger charge is 2.28. The number of rotatable bonds is 2. The van der Waals surface area contributed by atoms with Gasteiger partial charge in [0.1, 0.15) is 11.7 Å². The molecule has 0 aliphatic carbocycles. The van der Waals surface area contributed by atoms with Crippen LogP contribution in [0, 0.1) is 0 Å². The Morgan fingerprint density at radius 3 is 2.90 bits per heavy atom. The molecule has 0 aromatic carbocycles. The summed E-state index contributed by atoms with van der Waals surface area (Å²) in [5.41, 5.74) is 1.37. The predicted octanol–water partition coefficient (Wildman–Crippen LogP) is 0.474. The van der Waals surface area contributed by atoms with Gasteiger partial charge < -0.3 is 9.72 Å². The average molecular weight is 271 g/mol. The number of piperidine rings is 1. The Hall–Kier alpha value is -2.63. The van der Waals surface area contributed by atoms with Crippen LogP contribution in [0.15, 0.2) is 36.5 Å². The summed E-state index contributed by atoms with van der Waals surface area (Å²) in [6.07, 6.45) is 2.36. The summed E-state index contributed by atoms with van der Waals surface area (Å²) in [6.45, 7) is 0. The number of imide groups is 1. The fourth-order valence-corrected chi connectivity index (χ4v) is 2.30. The molecule has 0 spiro atoms. The normalized spacial score (nSPS) is 18.9. The van der Waals surface area contributed by atoms with E-state index < -0.39 is 11.9 Å². The van der Waals surface area contributed by atoms with Gasteiger partial charge in [0.2, 0.25) is 11.8 Å². The number of carbonyl (C=O) groups excluding carboxylic acids is 3. The van der Waals surface area contributed by atoms with Gasteiger partial charge in [-0.25, -0.2) is 0 Å². The Bertz CT molecular complexity index is 705. The van der Waals surface area contributed by atoms with Crippen molar-refractivity contribution in [2.45, 2.75) is 18.9 Å². The second-order valence-corrected chi connectivity index (χ2v) is 4.69. The molecule has 0 bridgehead atoms. The molecule has 3 amide bonds. The average Bonchev–Trinajstić information content (AvgIpc) is 2.86. The SMILES string of the molecule is O=C1CC[C@H](NC(=O)c2ccc3ccccn23)C(=O)N1. The van der Waals surface area contributed by atoms with Gasteiger partial charge in [0.05, 0.1) is 0 Å². The van der Waals surface area contributed by atoms with Crippen LogP contribution in [0.1, 0.15) is 23.3 Å². The lowest BCUT2D eigenvalue weighted by Crippen LogP contribution is -2.52. The minimum Gasteiger partial charge on any atom is -0.339 e. The van der Waals surface area contributed by atoms with Gasteiger partial charge in [0.15, 0.2) is 0 Å². The van der Waals surface area contributed by atoms with Gasteiger partial charge in [-0.3, -0.25) is 19.7 Å². The number of carbonyl (C=O) groups is 3. The van der Waals surface area contributed by atoms with E-state index in [1.807, 2.05) is 24.3 Å². The molecule has 2 aromatic heterocycles. The van der Waals surface area contributed by atoms with Crippen LogP contribution in [0.25, 0.3) is 5.52 Å². The zero-order chi connectivity index (χ0) is 14.1. The summed E-state index contributed by atoms with van der Waals surface area (Å²) >= 11 is 0. The first kappa shape index (κ1) is 12.4. The van der Waals surface area contributed by atoms with Gasteiger partial charge in [-0.2, -0.15) is 0 Å². The zero-order valence-corrected chi connectivity index (χ0v) is 10.6. The van der Waals surface area contributed by atoms with E-state index in [0.29, 0.717) is 12.1 Å². The molecule has 0 unspecified atom stereocenters. The summed E-state index contributed by atoms with van der Waals surface area (Å²) in [5.74, 6) is -1.07. The summed E-state index contributed by atoms with van der Waals surface area (Å²) in [4.78, 5) is 34.9. The molecule has 2 N–H and O–H groups in total. The van der Waals surface area contributed by atoms with Crippen molar-refractivity contribution < 1.29 is 14.4 Å². The molecule has 1 aliphatic rings. The van der Waals surface area contributed by atoms with Crippen LogP contribution in [-0.2, 0) is 9.59 Å². The van der Waals surface area contributed by atoms with Gasteiger partial charge in [-0.1, -0.05) is 6.07 Å². The number of fused-ring (bicyclic) bond motifs is 1. The molecule has 3 rings (SSSR count). The molecule has 3 heterocycles. The number of pyridine rings is 1. The Kier molecular flexibility index (Phi) is 2.98. The number of nitrogens with zero attached hydrogens (tertiary/aromatic N) is 1. The number of aromatic nitrogens is 1. The van der Waals surface area contributed by atoms with Gasteiger partial charge in [-0.05, 0) is 30.7 Å². The summed E-state index contributed by atoms with van der Waals surface area (Å²) in [5, 5.41) is 4.88. The van der Waals surface area contributed by atoms with E-state index in [2.05, 4.69) is 10.6 Å². The van der Waals surface area contributed by atoms with Crippen LogP contribution in [0.4, 0.5) is 0 Å². The van der Waals surface area contributed by atoms with E-state index in [1.54, 1.807) is 16.7 Å². The fraction of sp³-hybridized carbons (Fsp3) is 0.214. The van der Waals surface area contributed by atoms with Gasteiger partial charge >= 0.3 is 0 Å². The highest BCUT2D eigenvalue weighted by Crippen LogP contribution is 2.11. The third-order valence-electron chi connectivity index (χ3n) is 3.34. The van der Waals surface area contributed by atoms with Crippen molar-refractivity contribution in [3.05, 3.63) is 42.2 Å². The molecule has 1 atom stereocenters. The third kappa shape index (κ3) is 2.16. The maximum atomic E-state index is 12.2. The molecule has 0 radical (unpaired) electrons. The van der Waals surface area contributed by atoms with Crippen LogP contribution in [-0.4, -0.2) is 28.2 Å². The Morgan fingerprint density at radius 2 is 2.10 bits per heavy atom. The predicted molar refractivity (Wildman–Crippen MR) is 71.0 cm³/mol. The maximum Gasteiger partial charge on any atom is 0.268 e. The van der Waals surface area contributed by atoms with E-state index in [0.717, 1.165) is 5.52 Å². The fourth-order valence-electron chi connectivity index (χ4n) is 2.30. The molecule has 2 aromatic rings. The second-order valence-electron chi connectivity index (χ2n) is 4.69. The lowest BCUT2D eigenvalue weighted by molar-refractivity contribution is -0.134. The lowest BCUT2D eigenvalue weighted by Gasteiger charge is -2.21. The molecule has 1 aliphatic heterocycles. The second kappa shape index (κ2) is 4.80. The maximum absolute atomic E-state index is 12.2. The molecular formula is C14H13N3O3. The van der Waals surface area contributed by atoms with E-state index in [1.165, 1.54) is 0 Å². The van der Waals surface area contributed by atoms with Crippen molar-refractivity contribution in [2.75, 3.05) is 0 Å². The number of hydrogen-bond donors (Lipinski definition) is 2. The van der Waals surface area contributed by atoms with Crippen LogP contribution in [0.3, 0.4) is 0 Å². The minimum absolute atomic E-state index is 0.242. The molecule has 102 valence electrons. The van der Waals surface area contributed by atoms with Crippen LogP contribution < -0.4 is 10.6 Å². The van der Waals surface area contributed by atoms with Gasteiger partial charge in [-0.15, -0.1) is 0 Å². The summed E-state index contributed by atoms with van der Waals surface area (Å²) in [7, 11) is 0. The number of nitrogens with one attached hydrogen (secondary N) is 2. The smallest absolute Gasteiger partial charge is 0.268 e. The van der Waals surface area contributed by atoms with Crippen LogP contribution in [0.2, 0.25) is 0 Å². The molecule has 1 saturated heterocycles. The van der Waals surface area contributed by atoms with E-state index in [4.69, 9.17) is 0 Å². The van der Waals surface area contributed by atoms with Crippen molar-refractivity contribution in [3.63, 3.8) is 0 Å². The number of hydrogen-bond acceptors (Lipinski definition) is 3. The summed E-state index contributed by atoms with van der Waals surface area (Å²) in [6, 6.07) is 8.49. The van der Waals surface area contributed by atoms with E-state index in [9.17, 15) is 14.4 Å². The van der Waals surface area contributed by atoms with Crippen molar-refractivity contribution in [3.8, 4) is 0 Å². The van der Waals surface area contributed by atoms with Crippen LogP contribution in [0.5, 0.6) is 0 Å². The minimum atomic E-state index is -0.658. The first-order valence-corrected chi connectivity index (χ1v) is 6.36. The Labute approximate surface area is 114 Å². The van der Waals surface area contributed by atoms with Crippen molar-refractivity contribution in [2.24, 2.45) is 0 Å². The number of amides is 3. The van der Waals surface area contributed by atoms with Crippen molar-refractivity contribution >= 4 is 23.2 Å². The first-order valence-electron chi connectivity index (χ1n) is 6.36. The quantitative estimate of drug-likeness (QED) is 0.779. The topological polar surface area (TPSA) is 79.7 Å². The Balaban J connectivity index is 1.80. The highest BCUT2D eigenvalue weighted by molar-refractivity contribution is 6.03. The monoisotopic (exact) mass is 271 g/mol. The Morgan fingerprint density at radius 1 is 1.25 bits per heavy atom. The molecule has 6 nitrogen and oxygen atoms in total. The van der Waals surface area contributed by atoms with Crippen molar-refractivity contribution in [1.29, 1.82) is 0 Å². The van der Waals surface area contributed by atoms with Crippen molar-refractivity contribution in [1.82, 2.24) is 15.0 Å². The molecule has 0 saturated carbocycles. The molecule has 6 heteroatoms. The van der Waals surface area contributed by atoms with E-state index >= 15 is 0 Å². The first-order chi connectivity index (χ1) is 9.65. The summed E-state index contributed by atoms with van der Waals surface area (Å²) < 4.78 is 1.75. The largest absolute Gasteiger partial charge is 0.339 e. The third-order valence-corrected chi connectivity index (χ3v) is 3.34. The van der Waals surface area contributed by atoms with Gasteiger partial charge in [0, 0.05) is 18.1 Å². The molecular weight excluding hydrogens is 258 g/mol.